The summed E-state index contributed by atoms with van der Waals surface area (Å²) in [5.41, 5.74) is 3.57. The van der Waals surface area contributed by atoms with Crippen molar-refractivity contribution in [3.63, 3.8) is 0 Å². The topological polar surface area (TPSA) is 34.1 Å². The van der Waals surface area contributed by atoms with Crippen LogP contribution in [-0.2, 0) is 13.0 Å². The Balaban J connectivity index is 1.60. The number of hydrogen-bond acceptors (Lipinski definition) is 3. The van der Waals surface area contributed by atoms with E-state index in [2.05, 4.69) is 34.6 Å². The molecule has 0 amide bonds. The van der Waals surface area contributed by atoms with Gasteiger partial charge in [-0.05, 0) is 56.0 Å². The van der Waals surface area contributed by atoms with Crippen molar-refractivity contribution in [3.8, 4) is 5.75 Å². The number of ether oxygens (including phenoxy) is 1. The second kappa shape index (κ2) is 6.72. The quantitative estimate of drug-likeness (QED) is 0.846. The van der Waals surface area contributed by atoms with Crippen molar-refractivity contribution in [3.05, 3.63) is 59.4 Å². The number of benzene rings is 1. The van der Waals surface area contributed by atoms with E-state index in [-0.39, 0.29) is 0 Å². The number of nitrogens with zero attached hydrogens (tertiary/aromatic N) is 1. The Morgan fingerprint density at radius 1 is 1.14 bits per heavy atom. The average molecular weight is 282 g/mol. The fourth-order valence-electron chi connectivity index (χ4n) is 2.42. The lowest BCUT2D eigenvalue weighted by molar-refractivity contribution is 0.301. The molecule has 0 spiro atoms. The highest BCUT2D eigenvalue weighted by Crippen LogP contribution is 2.20. The summed E-state index contributed by atoms with van der Waals surface area (Å²) in [5.74, 6) is 0.864. The van der Waals surface area contributed by atoms with E-state index in [0.29, 0.717) is 6.61 Å². The molecule has 3 rings (SSSR count). The monoisotopic (exact) mass is 282 g/mol. The van der Waals surface area contributed by atoms with E-state index < -0.39 is 0 Å². The number of aryl methyl sites for hydroxylation is 1. The number of rotatable bonds is 7. The Hall–Kier alpha value is -1.87. The molecule has 1 aliphatic carbocycles. The summed E-state index contributed by atoms with van der Waals surface area (Å²) >= 11 is 0. The summed E-state index contributed by atoms with van der Waals surface area (Å²) in [6, 6.07) is 13.2. The molecule has 1 heterocycles. The van der Waals surface area contributed by atoms with Crippen LogP contribution < -0.4 is 10.1 Å². The largest absolute Gasteiger partial charge is 0.487 e. The molecule has 0 aliphatic heterocycles. The van der Waals surface area contributed by atoms with Crippen LogP contribution in [0, 0.1) is 6.92 Å². The van der Waals surface area contributed by atoms with Crippen molar-refractivity contribution in [1.29, 1.82) is 0 Å². The fourth-order valence-corrected chi connectivity index (χ4v) is 2.42. The van der Waals surface area contributed by atoms with Crippen LogP contribution in [0.15, 0.2) is 42.6 Å². The van der Waals surface area contributed by atoms with Crippen LogP contribution in [0.4, 0.5) is 0 Å². The highest BCUT2D eigenvalue weighted by molar-refractivity contribution is 5.29. The smallest absolute Gasteiger partial charge is 0.141 e. The van der Waals surface area contributed by atoms with E-state index in [4.69, 9.17) is 4.74 Å². The van der Waals surface area contributed by atoms with Crippen LogP contribution in [0.25, 0.3) is 0 Å². The molecule has 1 aromatic carbocycles. The van der Waals surface area contributed by atoms with Crippen LogP contribution in [0.2, 0.25) is 0 Å². The second-order valence-electron chi connectivity index (χ2n) is 5.62. The predicted molar refractivity (Wildman–Crippen MR) is 84.5 cm³/mol. The van der Waals surface area contributed by atoms with Crippen LogP contribution in [-0.4, -0.2) is 17.6 Å². The molecular formula is C18H22N2O. The molecule has 0 unspecified atom stereocenters. The minimum Gasteiger partial charge on any atom is -0.487 e. The van der Waals surface area contributed by atoms with Crippen molar-refractivity contribution in [1.82, 2.24) is 10.3 Å². The van der Waals surface area contributed by atoms with Gasteiger partial charge in [0.2, 0.25) is 0 Å². The average Bonchev–Trinajstić information content (AvgIpc) is 3.32. The Kier molecular flexibility index (Phi) is 4.51. The van der Waals surface area contributed by atoms with Crippen LogP contribution in [0.3, 0.4) is 0 Å². The number of nitrogens with one attached hydrogen (secondary N) is 1. The van der Waals surface area contributed by atoms with Crippen molar-refractivity contribution >= 4 is 0 Å². The van der Waals surface area contributed by atoms with Crippen molar-refractivity contribution in [2.75, 3.05) is 6.54 Å². The molecule has 21 heavy (non-hydrogen) atoms. The number of hydrogen-bond donors (Lipinski definition) is 1. The highest BCUT2D eigenvalue weighted by Gasteiger charge is 2.19. The third kappa shape index (κ3) is 4.05. The molecule has 0 saturated heterocycles. The van der Waals surface area contributed by atoms with Crippen molar-refractivity contribution in [2.24, 2.45) is 0 Å². The lowest BCUT2D eigenvalue weighted by Crippen LogP contribution is -2.19. The zero-order valence-electron chi connectivity index (χ0n) is 12.5. The fraction of sp³-hybridized carbons (Fsp3) is 0.389. The summed E-state index contributed by atoms with van der Waals surface area (Å²) in [6.45, 7) is 3.63. The highest BCUT2D eigenvalue weighted by atomic mass is 16.5. The minimum absolute atomic E-state index is 0.603. The molecule has 1 N–H and O–H groups in total. The normalized spacial score (nSPS) is 14.1. The zero-order chi connectivity index (χ0) is 14.5. The first-order valence-electron chi connectivity index (χ1n) is 7.67. The summed E-state index contributed by atoms with van der Waals surface area (Å²) in [5, 5.41) is 3.56. The molecule has 3 nitrogen and oxygen atoms in total. The number of aromatic nitrogens is 1. The lowest BCUT2D eigenvalue weighted by Gasteiger charge is -2.12. The van der Waals surface area contributed by atoms with Gasteiger partial charge >= 0.3 is 0 Å². The van der Waals surface area contributed by atoms with Crippen molar-refractivity contribution < 1.29 is 4.74 Å². The van der Waals surface area contributed by atoms with E-state index in [9.17, 15) is 0 Å². The van der Waals surface area contributed by atoms with Gasteiger partial charge in [0.25, 0.3) is 0 Å². The molecule has 1 aromatic heterocycles. The number of pyridine rings is 1. The summed E-state index contributed by atoms with van der Waals surface area (Å²) in [7, 11) is 0. The molecule has 0 bridgehead atoms. The van der Waals surface area contributed by atoms with Crippen molar-refractivity contribution in [2.45, 2.75) is 38.8 Å². The van der Waals surface area contributed by atoms with Gasteiger partial charge in [0, 0.05) is 12.2 Å². The van der Waals surface area contributed by atoms with Crippen LogP contribution in [0.1, 0.15) is 29.7 Å². The third-order valence-electron chi connectivity index (χ3n) is 3.86. The molecule has 0 atom stereocenters. The zero-order valence-corrected chi connectivity index (χ0v) is 12.5. The Morgan fingerprint density at radius 2 is 1.95 bits per heavy atom. The van der Waals surface area contributed by atoms with Gasteiger partial charge in [-0.3, -0.25) is 4.98 Å². The van der Waals surface area contributed by atoms with E-state index in [0.717, 1.165) is 30.5 Å². The third-order valence-corrected chi connectivity index (χ3v) is 3.86. The van der Waals surface area contributed by atoms with Crippen LogP contribution in [0.5, 0.6) is 5.75 Å². The van der Waals surface area contributed by atoms with Gasteiger partial charge in [-0.1, -0.05) is 24.3 Å². The standard InChI is InChI=1S/C18H22N2O/c1-14-18(7-4-11-19-14)21-13-16-6-3-2-5-15(16)10-12-20-17-8-9-17/h2-7,11,17,20H,8-10,12-13H2,1H3. The van der Waals surface area contributed by atoms with Gasteiger partial charge in [-0.25, -0.2) is 0 Å². The molecule has 1 aliphatic rings. The van der Waals surface area contributed by atoms with Gasteiger partial charge in [-0.2, -0.15) is 0 Å². The molecule has 0 radical (unpaired) electrons. The van der Waals surface area contributed by atoms with E-state index >= 15 is 0 Å². The van der Waals surface area contributed by atoms with Gasteiger partial charge in [0.15, 0.2) is 0 Å². The van der Waals surface area contributed by atoms with Gasteiger partial charge in [0.1, 0.15) is 12.4 Å². The van der Waals surface area contributed by atoms with E-state index in [1.54, 1.807) is 6.20 Å². The summed E-state index contributed by atoms with van der Waals surface area (Å²) < 4.78 is 5.92. The first-order chi connectivity index (χ1) is 10.3. The SMILES string of the molecule is Cc1ncccc1OCc1ccccc1CCNC1CC1. The minimum atomic E-state index is 0.603. The van der Waals surface area contributed by atoms with Gasteiger partial charge in [0.05, 0.1) is 5.69 Å². The maximum Gasteiger partial charge on any atom is 0.141 e. The van der Waals surface area contributed by atoms with E-state index in [1.165, 1.54) is 24.0 Å². The van der Waals surface area contributed by atoms with Crippen LogP contribution >= 0.6 is 0 Å². The molecule has 110 valence electrons. The first kappa shape index (κ1) is 14.1. The van der Waals surface area contributed by atoms with E-state index in [1.807, 2.05) is 19.1 Å². The second-order valence-corrected chi connectivity index (χ2v) is 5.62. The molecular weight excluding hydrogens is 260 g/mol. The van der Waals surface area contributed by atoms with Gasteiger partial charge in [-0.15, -0.1) is 0 Å². The summed E-state index contributed by atoms with van der Waals surface area (Å²) in [4.78, 5) is 4.25. The maximum absolute atomic E-state index is 5.92. The summed E-state index contributed by atoms with van der Waals surface area (Å²) in [6.07, 6.45) is 5.53. The lowest BCUT2D eigenvalue weighted by atomic mass is 10.1. The molecule has 1 fully saturated rings. The van der Waals surface area contributed by atoms with Gasteiger partial charge < -0.3 is 10.1 Å². The first-order valence-corrected chi connectivity index (χ1v) is 7.67. The predicted octanol–water partition coefficient (Wildman–Crippen LogP) is 3.26. The molecule has 1 saturated carbocycles. The molecule has 2 aromatic rings. The maximum atomic E-state index is 5.92. The Bertz CT molecular complexity index is 593. The Labute approximate surface area is 126 Å². The molecule has 3 heteroatoms. The Morgan fingerprint density at radius 3 is 2.71 bits per heavy atom.